The topological polar surface area (TPSA) is 92.8 Å². The lowest BCUT2D eigenvalue weighted by atomic mass is 9.72. The smallest absolute Gasteiger partial charge is 0.235 e. The SMILES string of the molecule is C=CCn1c(COc2ccc(F)cc2Cl)nnc1SCC(=O)Nc1sc2c(c1C#N)CCC(C(C)(C)C)C2. The van der Waals surface area contributed by atoms with Gasteiger partial charge in [0.05, 0.1) is 16.3 Å². The lowest BCUT2D eigenvalue weighted by Gasteiger charge is -2.33. The van der Waals surface area contributed by atoms with Crippen LogP contribution in [0.1, 0.15) is 49.0 Å². The molecule has 0 aliphatic heterocycles. The molecule has 7 nitrogen and oxygen atoms in total. The van der Waals surface area contributed by atoms with Crippen molar-refractivity contribution in [2.45, 2.75) is 58.3 Å². The molecular formula is C27H29ClFN5O2S2. The van der Waals surface area contributed by atoms with Crippen LogP contribution in [0.5, 0.6) is 5.75 Å². The zero-order valence-electron chi connectivity index (χ0n) is 21.5. The molecule has 11 heteroatoms. The molecule has 1 aliphatic carbocycles. The van der Waals surface area contributed by atoms with Crippen LogP contribution >= 0.6 is 34.7 Å². The van der Waals surface area contributed by atoms with Crippen molar-refractivity contribution in [3.05, 3.63) is 63.5 Å². The quantitative estimate of drug-likeness (QED) is 0.227. The van der Waals surface area contributed by atoms with Crippen LogP contribution in [0.15, 0.2) is 36.0 Å². The molecule has 1 aromatic carbocycles. The maximum atomic E-state index is 13.3. The van der Waals surface area contributed by atoms with Crippen LogP contribution in [0.2, 0.25) is 5.02 Å². The summed E-state index contributed by atoms with van der Waals surface area (Å²) < 4.78 is 20.8. The molecule has 0 saturated heterocycles. The molecule has 0 spiro atoms. The summed E-state index contributed by atoms with van der Waals surface area (Å²) in [5.41, 5.74) is 1.87. The molecule has 38 heavy (non-hydrogen) atoms. The molecule has 0 bridgehead atoms. The highest BCUT2D eigenvalue weighted by Crippen LogP contribution is 2.44. The number of benzene rings is 1. The minimum atomic E-state index is -0.451. The molecule has 200 valence electrons. The molecule has 0 fully saturated rings. The predicted octanol–water partition coefficient (Wildman–Crippen LogP) is 6.65. The molecule has 0 saturated carbocycles. The fourth-order valence-corrected chi connectivity index (χ4v) is 6.69. The number of carbonyl (C=O) groups is 1. The van der Waals surface area contributed by atoms with E-state index in [9.17, 15) is 14.4 Å². The van der Waals surface area contributed by atoms with Gasteiger partial charge in [-0.3, -0.25) is 9.36 Å². The summed E-state index contributed by atoms with van der Waals surface area (Å²) in [5.74, 6) is 0.815. The van der Waals surface area contributed by atoms with Gasteiger partial charge in [0.1, 0.15) is 29.2 Å². The Hall–Kier alpha value is -2.87. The number of carbonyl (C=O) groups excluding carboxylic acids is 1. The minimum absolute atomic E-state index is 0.0563. The van der Waals surface area contributed by atoms with Gasteiger partial charge in [0, 0.05) is 11.4 Å². The summed E-state index contributed by atoms with van der Waals surface area (Å²) in [6.45, 7) is 11.0. The Labute approximate surface area is 235 Å². The summed E-state index contributed by atoms with van der Waals surface area (Å²) in [6.07, 6.45) is 4.53. The minimum Gasteiger partial charge on any atom is -0.484 e. The van der Waals surface area contributed by atoms with Crippen molar-refractivity contribution in [3.63, 3.8) is 0 Å². The average Bonchev–Trinajstić information content (AvgIpc) is 3.41. The van der Waals surface area contributed by atoms with Crippen molar-refractivity contribution < 1.29 is 13.9 Å². The normalized spacial score (nSPS) is 15.0. The lowest BCUT2D eigenvalue weighted by molar-refractivity contribution is -0.113. The largest absolute Gasteiger partial charge is 0.484 e. The van der Waals surface area contributed by atoms with Crippen LogP contribution < -0.4 is 10.1 Å². The van der Waals surface area contributed by atoms with Gasteiger partial charge in [-0.1, -0.05) is 50.2 Å². The zero-order chi connectivity index (χ0) is 27.4. The van der Waals surface area contributed by atoms with E-state index < -0.39 is 5.82 Å². The molecule has 0 radical (unpaired) electrons. The van der Waals surface area contributed by atoms with E-state index in [2.05, 4.69) is 48.9 Å². The number of halogens is 2. The molecule has 1 N–H and O–H groups in total. The van der Waals surface area contributed by atoms with E-state index in [1.807, 2.05) is 0 Å². The Bertz CT molecular complexity index is 1390. The second-order valence-corrected chi connectivity index (χ2v) is 12.6. The van der Waals surface area contributed by atoms with Crippen molar-refractivity contribution in [1.82, 2.24) is 14.8 Å². The number of fused-ring (bicyclic) bond motifs is 1. The number of nitriles is 1. The average molecular weight is 574 g/mol. The van der Waals surface area contributed by atoms with Crippen molar-refractivity contribution in [1.29, 1.82) is 5.26 Å². The number of hydrogen-bond acceptors (Lipinski definition) is 7. The van der Waals surface area contributed by atoms with Crippen LogP contribution in [-0.2, 0) is 30.8 Å². The third kappa shape index (κ3) is 6.40. The summed E-state index contributed by atoms with van der Waals surface area (Å²) in [5, 5.41) is 22.5. The van der Waals surface area contributed by atoms with E-state index in [-0.39, 0.29) is 28.7 Å². The van der Waals surface area contributed by atoms with E-state index >= 15 is 0 Å². The van der Waals surface area contributed by atoms with Gasteiger partial charge in [-0.15, -0.1) is 28.1 Å². The first-order chi connectivity index (χ1) is 18.1. The van der Waals surface area contributed by atoms with Gasteiger partial charge in [-0.25, -0.2) is 4.39 Å². The third-order valence-corrected chi connectivity index (χ3v) is 8.97. The van der Waals surface area contributed by atoms with E-state index in [0.29, 0.717) is 39.8 Å². The standard InChI is InChI=1S/C27H29ClFN5O2S2/c1-5-10-34-23(14-36-21-9-7-17(29)12-20(21)28)32-33-26(34)37-15-24(35)31-25-19(13-30)18-8-6-16(27(2,3)4)11-22(18)38-25/h5,7,9,12,16H,1,6,8,10-11,14-15H2,2-4H3,(H,31,35). The van der Waals surface area contributed by atoms with E-state index in [1.54, 1.807) is 10.6 Å². The summed E-state index contributed by atoms with van der Waals surface area (Å²) >= 11 is 8.79. The molecule has 1 amide bonds. The fraction of sp³-hybridized carbons (Fsp3) is 0.407. The molecule has 2 heterocycles. The number of anilines is 1. The highest BCUT2D eigenvalue weighted by atomic mass is 35.5. The van der Waals surface area contributed by atoms with Gasteiger partial charge in [0.25, 0.3) is 0 Å². The molecule has 4 rings (SSSR count). The number of rotatable bonds is 9. The molecule has 1 unspecified atom stereocenters. The van der Waals surface area contributed by atoms with Gasteiger partial charge in [-0.2, -0.15) is 5.26 Å². The van der Waals surface area contributed by atoms with Gasteiger partial charge in [-0.05, 0) is 54.4 Å². The number of aromatic nitrogens is 3. The third-order valence-electron chi connectivity index (χ3n) is 6.54. The van der Waals surface area contributed by atoms with Crippen LogP contribution in [0.4, 0.5) is 9.39 Å². The lowest BCUT2D eigenvalue weighted by Crippen LogP contribution is -2.26. The van der Waals surface area contributed by atoms with E-state index in [4.69, 9.17) is 16.3 Å². The second kappa shape index (κ2) is 11.9. The zero-order valence-corrected chi connectivity index (χ0v) is 23.9. The number of thiophene rings is 1. The highest BCUT2D eigenvalue weighted by Gasteiger charge is 2.32. The fourth-order valence-electron chi connectivity index (χ4n) is 4.40. The number of nitrogens with zero attached hydrogens (tertiary/aromatic N) is 4. The van der Waals surface area contributed by atoms with Crippen molar-refractivity contribution in [2.24, 2.45) is 11.3 Å². The molecular weight excluding hydrogens is 545 g/mol. The summed E-state index contributed by atoms with van der Waals surface area (Å²) in [6, 6.07) is 6.20. The number of allylic oxidation sites excluding steroid dienone is 1. The number of thioether (sulfide) groups is 1. The number of hydrogen-bond donors (Lipinski definition) is 1. The molecule has 2 aromatic heterocycles. The van der Waals surface area contributed by atoms with Crippen LogP contribution in [0, 0.1) is 28.5 Å². The van der Waals surface area contributed by atoms with Crippen LogP contribution in [-0.4, -0.2) is 26.4 Å². The Morgan fingerprint density at radius 3 is 2.92 bits per heavy atom. The highest BCUT2D eigenvalue weighted by molar-refractivity contribution is 7.99. The van der Waals surface area contributed by atoms with E-state index in [1.165, 1.54) is 46.2 Å². The Morgan fingerprint density at radius 2 is 2.24 bits per heavy atom. The second-order valence-electron chi connectivity index (χ2n) is 10.1. The Kier molecular flexibility index (Phi) is 8.81. The molecule has 3 aromatic rings. The predicted molar refractivity (Wildman–Crippen MR) is 149 cm³/mol. The van der Waals surface area contributed by atoms with Crippen LogP contribution in [0.25, 0.3) is 0 Å². The van der Waals surface area contributed by atoms with E-state index in [0.717, 1.165) is 24.8 Å². The summed E-state index contributed by atoms with van der Waals surface area (Å²) in [4.78, 5) is 14.1. The number of nitrogens with one attached hydrogen (secondary N) is 1. The first-order valence-corrected chi connectivity index (χ1v) is 14.4. The number of amides is 1. The van der Waals surface area contributed by atoms with Crippen molar-refractivity contribution >= 4 is 45.6 Å². The van der Waals surface area contributed by atoms with Crippen LogP contribution in [0.3, 0.4) is 0 Å². The maximum Gasteiger partial charge on any atom is 0.235 e. The molecule has 1 aliphatic rings. The Balaban J connectivity index is 1.41. The monoisotopic (exact) mass is 573 g/mol. The summed E-state index contributed by atoms with van der Waals surface area (Å²) in [7, 11) is 0. The number of ether oxygens (including phenoxy) is 1. The van der Waals surface area contributed by atoms with Crippen molar-refractivity contribution in [3.8, 4) is 11.8 Å². The van der Waals surface area contributed by atoms with Crippen molar-refractivity contribution in [2.75, 3.05) is 11.1 Å². The maximum absolute atomic E-state index is 13.3. The van der Waals surface area contributed by atoms with Gasteiger partial charge < -0.3 is 10.1 Å². The first-order valence-electron chi connectivity index (χ1n) is 12.2. The van der Waals surface area contributed by atoms with Gasteiger partial charge in [0.2, 0.25) is 5.91 Å². The first kappa shape index (κ1) is 28.1. The molecule has 1 atom stereocenters. The van der Waals surface area contributed by atoms with Gasteiger partial charge in [0.15, 0.2) is 11.0 Å². The van der Waals surface area contributed by atoms with Gasteiger partial charge >= 0.3 is 0 Å². The Morgan fingerprint density at radius 1 is 1.45 bits per heavy atom.